The second-order valence-corrected chi connectivity index (χ2v) is 5.80. The summed E-state index contributed by atoms with van der Waals surface area (Å²) in [6.07, 6.45) is 1.88. The molecule has 0 aromatic heterocycles. The molecule has 0 aliphatic carbocycles. The Morgan fingerprint density at radius 1 is 1.24 bits per heavy atom. The summed E-state index contributed by atoms with van der Waals surface area (Å²) in [6.45, 7) is 6.03. The highest BCUT2D eigenvalue weighted by atomic mass is 16.6. The van der Waals surface area contributed by atoms with Gasteiger partial charge in [-0.05, 0) is 45.6 Å². The smallest absolute Gasteiger partial charge is 0.407 e. The average molecular weight is 292 g/mol. The van der Waals surface area contributed by atoms with Crippen LogP contribution >= 0.6 is 0 Å². The summed E-state index contributed by atoms with van der Waals surface area (Å²) in [7, 11) is 0. The minimum atomic E-state index is -0.478. The van der Waals surface area contributed by atoms with Gasteiger partial charge >= 0.3 is 6.09 Å². The third-order valence-electron chi connectivity index (χ3n) is 2.74. The summed E-state index contributed by atoms with van der Waals surface area (Å²) in [5.74, 6) is 0. The van der Waals surface area contributed by atoms with Crippen molar-refractivity contribution in [3.05, 3.63) is 35.9 Å². The standard InChI is InChI=1S/C16H24N2O3/c1-16(2,3)21-15(19)17-12-8-7-11-14(18-20)13-9-5-4-6-10-13/h4-6,9-10,20H,7-8,11-12H2,1-3H3,(H,17,19)/b18-14+. The van der Waals surface area contributed by atoms with Crippen LogP contribution in [0.25, 0.3) is 0 Å². The Morgan fingerprint density at radius 3 is 2.48 bits per heavy atom. The van der Waals surface area contributed by atoms with E-state index in [1.807, 2.05) is 51.1 Å². The van der Waals surface area contributed by atoms with Crippen LogP contribution in [0.15, 0.2) is 35.5 Å². The van der Waals surface area contributed by atoms with Gasteiger partial charge in [0, 0.05) is 6.54 Å². The zero-order chi connectivity index (χ0) is 15.7. The molecular formula is C16H24N2O3. The molecule has 1 aromatic rings. The van der Waals surface area contributed by atoms with Crippen molar-refractivity contribution >= 4 is 11.8 Å². The van der Waals surface area contributed by atoms with Crippen molar-refractivity contribution in [3.8, 4) is 0 Å². The third kappa shape index (κ3) is 7.34. The first-order valence-electron chi connectivity index (χ1n) is 7.15. The average Bonchev–Trinajstić information content (AvgIpc) is 2.42. The van der Waals surface area contributed by atoms with Crippen LogP contribution in [-0.2, 0) is 4.74 Å². The molecule has 1 amide bonds. The number of alkyl carbamates (subject to hydrolysis) is 1. The molecule has 0 aliphatic heterocycles. The van der Waals surface area contributed by atoms with E-state index in [-0.39, 0.29) is 0 Å². The predicted octanol–water partition coefficient (Wildman–Crippen LogP) is 3.56. The van der Waals surface area contributed by atoms with Crippen molar-refractivity contribution in [1.82, 2.24) is 5.32 Å². The highest BCUT2D eigenvalue weighted by Gasteiger charge is 2.15. The van der Waals surface area contributed by atoms with E-state index in [9.17, 15) is 4.79 Å². The molecule has 0 radical (unpaired) electrons. The Kier molecular flexibility index (Phi) is 6.72. The lowest BCUT2D eigenvalue weighted by atomic mass is 10.0. The van der Waals surface area contributed by atoms with Gasteiger partial charge < -0.3 is 15.3 Å². The topological polar surface area (TPSA) is 70.9 Å². The first-order valence-corrected chi connectivity index (χ1v) is 7.15. The zero-order valence-corrected chi connectivity index (χ0v) is 12.9. The van der Waals surface area contributed by atoms with Gasteiger partial charge in [0.1, 0.15) is 5.60 Å². The predicted molar refractivity (Wildman–Crippen MR) is 82.9 cm³/mol. The van der Waals surface area contributed by atoms with E-state index in [1.165, 1.54) is 0 Å². The fourth-order valence-corrected chi connectivity index (χ4v) is 1.80. The maximum atomic E-state index is 11.4. The number of oxime groups is 1. The van der Waals surface area contributed by atoms with E-state index < -0.39 is 11.7 Å². The van der Waals surface area contributed by atoms with Crippen LogP contribution in [0.2, 0.25) is 0 Å². The van der Waals surface area contributed by atoms with Crippen molar-refractivity contribution in [2.45, 2.75) is 45.6 Å². The molecule has 0 aliphatic rings. The Labute approximate surface area is 126 Å². The summed E-state index contributed by atoms with van der Waals surface area (Å²) < 4.78 is 5.14. The molecule has 0 unspecified atom stereocenters. The van der Waals surface area contributed by atoms with Crippen molar-refractivity contribution in [2.75, 3.05) is 6.54 Å². The molecule has 0 fully saturated rings. The minimum Gasteiger partial charge on any atom is -0.444 e. The SMILES string of the molecule is CC(C)(C)OC(=O)NCCCC/C(=N\O)c1ccccc1. The second-order valence-electron chi connectivity index (χ2n) is 5.80. The molecule has 1 rings (SSSR count). The van der Waals surface area contributed by atoms with E-state index in [1.54, 1.807) is 0 Å². The number of ether oxygens (including phenoxy) is 1. The lowest BCUT2D eigenvalue weighted by molar-refractivity contribution is 0.0527. The first kappa shape index (κ1) is 17.0. The number of benzene rings is 1. The van der Waals surface area contributed by atoms with Crippen LogP contribution in [0, 0.1) is 0 Å². The summed E-state index contributed by atoms with van der Waals surface area (Å²) in [4.78, 5) is 11.4. The highest BCUT2D eigenvalue weighted by molar-refractivity contribution is 6.00. The van der Waals surface area contributed by atoms with Crippen LogP contribution < -0.4 is 5.32 Å². The molecule has 116 valence electrons. The van der Waals surface area contributed by atoms with Gasteiger partial charge in [0.25, 0.3) is 0 Å². The number of carbonyl (C=O) groups is 1. The molecule has 0 saturated heterocycles. The number of amides is 1. The molecule has 0 heterocycles. The number of nitrogens with zero attached hydrogens (tertiary/aromatic N) is 1. The minimum absolute atomic E-state index is 0.401. The molecule has 5 nitrogen and oxygen atoms in total. The van der Waals surface area contributed by atoms with Gasteiger partial charge in [-0.15, -0.1) is 0 Å². The van der Waals surface area contributed by atoms with E-state index in [0.29, 0.717) is 18.7 Å². The van der Waals surface area contributed by atoms with Crippen molar-refractivity contribution in [3.63, 3.8) is 0 Å². The summed E-state index contributed by atoms with van der Waals surface area (Å²) in [6, 6.07) is 9.56. The quantitative estimate of drug-likeness (QED) is 0.364. The maximum absolute atomic E-state index is 11.4. The Bertz CT molecular complexity index is 464. The maximum Gasteiger partial charge on any atom is 0.407 e. The Morgan fingerprint density at radius 2 is 1.90 bits per heavy atom. The largest absolute Gasteiger partial charge is 0.444 e. The highest BCUT2D eigenvalue weighted by Crippen LogP contribution is 2.08. The van der Waals surface area contributed by atoms with Crippen molar-refractivity contribution in [1.29, 1.82) is 0 Å². The van der Waals surface area contributed by atoms with Crippen LogP contribution in [0.4, 0.5) is 4.79 Å². The van der Waals surface area contributed by atoms with Gasteiger partial charge in [-0.25, -0.2) is 4.79 Å². The van der Waals surface area contributed by atoms with Gasteiger partial charge in [0.2, 0.25) is 0 Å². The third-order valence-corrected chi connectivity index (χ3v) is 2.74. The molecule has 0 atom stereocenters. The number of rotatable bonds is 6. The van der Waals surface area contributed by atoms with Crippen molar-refractivity contribution in [2.24, 2.45) is 5.16 Å². The van der Waals surface area contributed by atoms with Crippen LogP contribution in [0.1, 0.15) is 45.6 Å². The lowest BCUT2D eigenvalue weighted by Crippen LogP contribution is -2.33. The number of carbonyl (C=O) groups excluding carboxylic acids is 1. The van der Waals surface area contributed by atoms with Gasteiger partial charge in [-0.1, -0.05) is 35.5 Å². The fraction of sp³-hybridized carbons (Fsp3) is 0.500. The molecule has 1 aromatic carbocycles. The Hall–Kier alpha value is -2.04. The van der Waals surface area contributed by atoms with Gasteiger partial charge in [0.05, 0.1) is 5.71 Å². The molecule has 0 saturated carbocycles. The molecule has 0 spiro atoms. The number of hydrogen-bond donors (Lipinski definition) is 2. The summed E-state index contributed by atoms with van der Waals surface area (Å²) >= 11 is 0. The van der Waals surface area contributed by atoms with Gasteiger partial charge in [-0.2, -0.15) is 0 Å². The summed E-state index contributed by atoms with van der Waals surface area (Å²) in [5.41, 5.74) is 1.10. The van der Waals surface area contributed by atoms with Crippen LogP contribution in [-0.4, -0.2) is 29.2 Å². The van der Waals surface area contributed by atoms with Gasteiger partial charge in [-0.3, -0.25) is 0 Å². The molecule has 2 N–H and O–H groups in total. The molecule has 5 heteroatoms. The normalized spacial score (nSPS) is 12.0. The second kappa shape index (κ2) is 8.29. The van der Waals surface area contributed by atoms with E-state index >= 15 is 0 Å². The van der Waals surface area contributed by atoms with Gasteiger partial charge in [0.15, 0.2) is 0 Å². The van der Waals surface area contributed by atoms with Crippen LogP contribution in [0.5, 0.6) is 0 Å². The van der Waals surface area contributed by atoms with Crippen LogP contribution in [0.3, 0.4) is 0 Å². The summed E-state index contributed by atoms with van der Waals surface area (Å²) in [5, 5.41) is 15.1. The zero-order valence-electron chi connectivity index (χ0n) is 12.9. The first-order chi connectivity index (χ1) is 9.92. The van der Waals surface area contributed by atoms with E-state index in [4.69, 9.17) is 9.94 Å². The van der Waals surface area contributed by atoms with E-state index in [0.717, 1.165) is 18.4 Å². The number of unbranched alkanes of at least 4 members (excludes halogenated alkanes) is 1. The Balaban J connectivity index is 2.24. The van der Waals surface area contributed by atoms with Crippen molar-refractivity contribution < 1.29 is 14.7 Å². The monoisotopic (exact) mass is 292 g/mol. The van der Waals surface area contributed by atoms with E-state index in [2.05, 4.69) is 10.5 Å². The number of hydrogen-bond acceptors (Lipinski definition) is 4. The molecule has 21 heavy (non-hydrogen) atoms. The molecular weight excluding hydrogens is 268 g/mol. The fourth-order valence-electron chi connectivity index (χ4n) is 1.80. The lowest BCUT2D eigenvalue weighted by Gasteiger charge is -2.19. The molecule has 0 bridgehead atoms. The number of nitrogens with one attached hydrogen (secondary N) is 1.